The zero-order valence-electron chi connectivity index (χ0n) is 33.2. The fourth-order valence-corrected chi connectivity index (χ4v) is 21.7. The van der Waals surface area contributed by atoms with Gasteiger partial charge in [0.1, 0.15) is 0 Å². The van der Waals surface area contributed by atoms with E-state index in [1.54, 1.807) is 0 Å². The summed E-state index contributed by atoms with van der Waals surface area (Å²) in [4.78, 5) is 0. The van der Waals surface area contributed by atoms with Gasteiger partial charge in [0.2, 0.25) is 0 Å². The van der Waals surface area contributed by atoms with Gasteiger partial charge >= 0.3 is 288 Å². The molecule has 0 heterocycles. The van der Waals surface area contributed by atoms with Gasteiger partial charge < -0.3 is 0 Å². The zero-order chi connectivity index (χ0) is 36.1. The monoisotopic (exact) mass is 762 g/mol. The Hall–Kier alpha value is 0.917. The first-order chi connectivity index (χ1) is 19.6. The van der Waals surface area contributed by atoms with Crippen molar-refractivity contribution < 1.29 is 59.2 Å². The van der Waals surface area contributed by atoms with E-state index in [1.165, 1.54) is 0 Å². The molecule has 0 radical (unpaired) electrons. The van der Waals surface area contributed by atoms with Crippen LogP contribution in [0.3, 0.4) is 0 Å². The molecule has 0 aromatic heterocycles. The van der Waals surface area contributed by atoms with Crippen molar-refractivity contribution in [2.24, 2.45) is 0 Å². The maximum atomic E-state index is 7.21. The maximum absolute atomic E-state index is 7.21. The zero-order valence-corrected chi connectivity index (χ0v) is 37.6. The molecular formula is C32H72O10Si2Zr. The average Bonchev–Trinajstić information content (AvgIpc) is 2.64. The van der Waals surface area contributed by atoms with Gasteiger partial charge in [0, 0.05) is 0 Å². The van der Waals surface area contributed by atoms with Gasteiger partial charge in [-0.2, -0.15) is 0 Å². The third-order valence-electron chi connectivity index (χ3n) is 4.93. The molecule has 0 aromatic rings. The topological polar surface area (TPSA) is 92.3 Å². The number of rotatable bonds is 16. The number of hydrogen-bond acceptors (Lipinski definition) is 10. The fraction of sp³-hybridized carbons (Fsp3) is 1.00. The van der Waals surface area contributed by atoms with Crippen molar-refractivity contribution >= 4 is 18.1 Å². The van der Waals surface area contributed by atoms with E-state index in [1.807, 2.05) is 152 Å². The number of hydrogen-bond donors (Lipinski definition) is 0. The molecule has 0 aliphatic rings. The SMILES string of the molecule is CCC(C)[O][Zr]([O]C(C)CC)([O][Si](OC(C)(C)C)(OC(C)(C)C)OC(C)(C)C)[O][Si](OC(C)(C)C)(OC(C)(C)C)OC(C)(C)C. The molecule has 0 aliphatic heterocycles. The average molecular weight is 764 g/mol. The Kier molecular flexibility index (Phi) is 16.6. The van der Waals surface area contributed by atoms with Crippen LogP contribution in [0.4, 0.5) is 0 Å². The minimum absolute atomic E-state index is 0.318. The van der Waals surface area contributed by atoms with E-state index in [4.69, 9.17) is 37.2 Å². The first kappa shape index (κ1) is 45.9. The molecule has 13 heteroatoms. The van der Waals surface area contributed by atoms with Crippen molar-refractivity contribution in [3.8, 4) is 0 Å². The van der Waals surface area contributed by atoms with Crippen LogP contribution in [0.15, 0.2) is 0 Å². The molecule has 0 fully saturated rings. The molecule has 0 rings (SSSR count). The van der Waals surface area contributed by atoms with Crippen LogP contribution in [0, 0.1) is 0 Å². The Morgan fingerprint density at radius 3 is 0.711 bits per heavy atom. The van der Waals surface area contributed by atoms with Crippen molar-refractivity contribution in [2.75, 3.05) is 0 Å². The Bertz CT molecular complexity index is 724. The van der Waals surface area contributed by atoms with Crippen molar-refractivity contribution in [3.63, 3.8) is 0 Å². The van der Waals surface area contributed by atoms with Crippen LogP contribution < -0.4 is 0 Å². The molecule has 10 nitrogen and oxygen atoms in total. The molecule has 0 saturated heterocycles. The fourth-order valence-electron chi connectivity index (χ4n) is 3.61. The molecule has 2 atom stereocenters. The molecule has 0 N–H and O–H groups in total. The van der Waals surface area contributed by atoms with Crippen LogP contribution >= 0.6 is 0 Å². The molecule has 0 bridgehead atoms. The summed E-state index contributed by atoms with van der Waals surface area (Å²) in [6, 6.07) is 0. The molecule has 272 valence electrons. The standard InChI is InChI=1S/2C12H27O4Si.2C4H9O.Zr/c2*1-10(2,3)14-17(13,15-11(4,5)6)16-12(7,8)9;2*1-3-4(2)5;/h2*1-9H3;2*4H,3H2,1-2H3;/q4*-1;+4. The third kappa shape index (κ3) is 20.9. The van der Waals surface area contributed by atoms with E-state index < -0.39 is 73.7 Å². The van der Waals surface area contributed by atoms with Gasteiger partial charge in [-0.15, -0.1) is 0 Å². The first-order valence-electron chi connectivity index (χ1n) is 16.5. The summed E-state index contributed by atoms with van der Waals surface area (Å²) < 4.78 is 68.7. The molecule has 0 amide bonds. The summed E-state index contributed by atoms with van der Waals surface area (Å²) in [6.45, 7) is 42.9. The summed E-state index contributed by atoms with van der Waals surface area (Å²) >= 11 is -5.57. The van der Waals surface area contributed by atoms with E-state index in [0.717, 1.165) is 0 Å². The molecular weight excluding hydrogens is 692 g/mol. The van der Waals surface area contributed by atoms with Crippen molar-refractivity contribution in [3.05, 3.63) is 0 Å². The molecule has 0 aromatic carbocycles. The van der Waals surface area contributed by atoms with E-state index in [0.29, 0.717) is 12.8 Å². The van der Waals surface area contributed by atoms with Gasteiger partial charge in [-0.05, 0) is 0 Å². The van der Waals surface area contributed by atoms with Crippen LogP contribution in [0.1, 0.15) is 165 Å². The van der Waals surface area contributed by atoms with Gasteiger partial charge in [0.05, 0.1) is 0 Å². The Balaban J connectivity index is 8.09. The summed E-state index contributed by atoms with van der Waals surface area (Å²) in [7, 11) is -8.40. The second-order valence-corrected chi connectivity index (χ2v) is 27.9. The molecule has 2 unspecified atom stereocenters. The summed E-state index contributed by atoms with van der Waals surface area (Å²) in [5, 5.41) is 0. The van der Waals surface area contributed by atoms with Gasteiger partial charge in [-0.25, -0.2) is 0 Å². The Labute approximate surface area is 287 Å². The Morgan fingerprint density at radius 2 is 0.578 bits per heavy atom. The summed E-state index contributed by atoms with van der Waals surface area (Å²) in [5.74, 6) is 0. The predicted molar refractivity (Wildman–Crippen MR) is 180 cm³/mol. The van der Waals surface area contributed by atoms with Crippen LogP contribution in [0.5, 0.6) is 0 Å². The van der Waals surface area contributed by atoms with Crippen molar-refractivity contribution in [1.82, 2.24) is 0 Å². The molecule has 0 aliphatic carbocycles. The van der Waals surface area contributed by atoms with Crippen LogP contribution in [0.2, 0.25) is 0 Å². The second-order valence-electron chi connectivity index (χ2n) is 17.7. The Morgan fingerprint density at radius 1 is 0.400 bits per heavy atom. The third-order valence-corrected chi connectivity index (χ3v) is 21.9. The first-order valence-corrected chi connectivity index (χ1v) is 23.8. The van der Waals surface area contributed by atoms with E-state index >= 15 is 0 Å². The molecule has 0 saturated carbocycles. The van der Waals surface area contributed by atoms with E-state index in [-0.39, 0.29) is 12.2 Å². The van der Waals surface area contributed by atoms with Crippen molar-refractivity contribution in [1.29, 1.82) is 0 Å². The minimum atomic E-state index is -5.57. The van der Waals surface area contributed by atoms with Crippen molar-refractivity contribution in [2.45, 2.75) is 211 Å². The molecule has 45 heavy (non-hydrogen) atoms. The molecule has 0 spiro atoms. The quantitative estimate of drug-likeness (QED) is 0.142. The van der Waals surface area contributed by atoms with Gasteiger partial charge in [-0.1, -0.05) is 0 Å². The van der Waals surface area contributed by atoms with E-state index in [2.05, 4.69) is 0 Å². The van der Waals surface area contributed by atoms with Crippen LogP contribution in [-0.2, 0) is 59.2 Å². The summed E-state index contributed by atoms with van der Waals surface area (Å²) in [5.41, 5.74) is -4.37. The van der Waals surface area contributed by atoms with Crippen LogP contribution in [0.25, 0.3) is 0 Å². The van der Waals surface area contributed by atoms with Gasteiger partial charge in [-0.3, -0.25) is 0 Å². The normalized spacial score (nSPS) is 16.7. The summed E-state index contributed by atoms with van der Waals surface area (Å²) in [6.07, 6.45) is 0.695. The van der Waals surface area contributed by atoms with Crippen LogP contribution in [-0.4, -0.2) is 63.9 Å². The van der Waals surface area contributed by atoms with Gasteiger partial charge in [0.15, 0.2) is 0 Å². The van der Waals surface area contributed by atoms with E-state index in [9.17, 15) is 0 Å². The predicted octanol–water partition coefficient (Wildman–Crippen LogP) is 9.23. The van der Waals surface area contributed by atoms with Gasteiger partial charge in [0.25, 0.3) is 0 Å². The second kappa shape index (κ2) is 16.3.